The average Bonchev–Trinajstić information content (AvgIpc) is 3.43. The van der Waals surface area contributed by atoms with E-state index < -0.39 is 27.9 Å². The molecule has 9 heteroatoms. The minimum absolute atomic E-state index is 0.0425. The van der Waals surface area contributed by atoms with Gasteiger partial charge < -0.3 is 14.8 Å². The smallest absolute Gasteiger partial charge is 0.247 e. The van der Waals surface area contributed by atoms with Gasteiger partial charge in [-0.05, 0) is 74.1 Å². The zero-order chi connectivity index (χ0) is 28.3. The summed E-state index contributed by atoms with van der Waals surface area (Å²) in [7, 11) is -1.18. The Hall–Kier alpha value is -3.87. The highest BCUT2D eigenvalue weighted by atomic mass is 32.2. The number of benzene rings is 3. The second kappa shape index (κ2) is 11.5. The van der Waals surface area contributed by atoms with Crippen LogP contribution in [0.2, 0.25) is 0 Å². The number of carbonyl (C=O) groups is 1. The highest BCUT2D eigenvalue weighted by Crippen LogP contribution is 2.35. The van der Waals surface area contributed by atoms with E-state index in [1.165, 1.54) is 30.7 Å². The van der Waals surface area contributed by atoms with Gasteiger partial charge in [-0.1, -0.05) is 35.9 Å². The molecule has 0 aliphatic carbocycles. The summed E-state index contributed by atoms with van der Waals surface area (Å²) in [6.07, 6.45) is 0.957. The molecule has 1 aliphatic rings. The lowest BCUT2D eigenvalue weighted by atomic mass is 9.88. The molecule has 39 heavy (non-hydrogen) atoms. The summed E-state index contributed by atoms with van der Waals surface area (Å²) in [5, 5.41) is 12.9. The topological polar surface area (TPSA) is 109 Å². The minimum Gasteiger partial charge on any atom is -0.497 e. The third-order valence-electron chi connectivity index (χ3n) is 7.19. The number of methoxy groups -OCH3 is 2. The van der Waals surface area contributed by atoms with E-state index in [1.54, 1.807) is 6.07 Å². The van der Waals surface area contributed by atoms with Crippen molar-refractivity contribution in [3.8, 4) is 17.6 Å². The Labute approximate surface area is 230 Å². The molecular formula is C30H33N3O5S. The van der Waals surface area contributed by atoms with Gasteiger partial charge >= 0.3 is 0 Å². The summed E-state index contributed by atoms with van der Waals surface area (Å²) >= 11 is 0. The lowest BCUT2D eigenvalue weighted by Crippen LogP contribution is -2.43. The van der Waals surface area contributed by atoms with Crippen LogP contribution in [-0.2, 0) is 14.8 Å². The number of hydrogen-bond donors (Lipinski definition) is 1. The van der Waals surface area contributed by atoms with Gasteiger partial charge in [0.2, 0.25) is 15.9 Å². The molecule has 0 saturated carbocycles. The Kier molecular flexibility index (Phi) is 8.28. The second-order valence-electron chi connectivity index (χ2n) is 9.78. The first-order chi connectivity index (χ1) is 18.6. The van der Waals surface area contributed by atoms with Crippen molar-refractivity contribution in [3.63, 3.8) is 0 Å². The average molecular weight is 548 g/mol. The molecule has 1 fully saturated rings. The zero-order valence-electron chi connectivity index (χ0n) is 22.8. The van der Waals surface area contributed by atoms with Gasteiger partial charge in [0.15, 0.2) is 0 Å². The van der Waals surface area contributed by atoms with Gasteiger partial charge in [-0.2, -0.15) is 9.57 Å². The second-order valence-corrected chi connectivity index (χ2v) is 11.6. The van der Waals surface area contributed by atoms with E-state index in [1.807, 2.05) is 57.2 Å². The Morgan fingerprint density at radius 1 is 1.03 bits per heavy atom. The lowest BCUT2D eigenvalue weighted by Gasteiger charge is -2.25. The molecule has 1 heterocycles. The first-order valence-corrected chi connectivity index (χ1v) is 14.2. The van der Waals surface area contributed by atoms with Crippen LogP contribution in [0.25, 0.3) is 0 Å². The van der Waals surface area contributed by atoms with Crippen LogP contribution in [0.15, 0.2) is 59.5 Å². The van der Waals surface area contributed by atoms with Gasteiger partial charge in [-0.25, -0.2) is 8.42 Å². The van der Waals surface area contributed by atoms with Gasteiger partial charge in [-0.15, -0.1) is 0 Å². The van der Waals surface area contributed by atoms with Crippen LogP contribution >= 0.6 is 0 Å². The summed E-state index contributed by atoms with van der Waals surface area (Å²) in [5.41, 5.74) is 5.13. The number of amides is 1. The van der Waals surface area contributed by atoms with Crippen molar-refractivity contribution < 1.29 is 22.7 Å². The van der Waals surface area contributed by atoms with Crippen LogP contribution in [0.1, 0.15) is 46.6 Å². The first-order valence-electron chi connectivity index (χ1n) is 12.7. The zero-order valence-corrected chi connectivity index (χ0v) is 23.6. The first kappa shape index (κ1) is 28.1. The van der Waals surface area contributed by atoms with Crippen molar-refractivity contribution in [2.75, 3.05) is 26.1 Å². The number of nitrogens with one attached hydrogen (secondary N) is 1. The van der Waals surface area contributed by atoms with Gasteiger partial charge in [-0.3, -0.25) is 4.79 Å². The molecule has 0 spiro atoms. The van der Waals surface area contributed by atoms with Gasteiger partial charge in [0, 0.05) is 18.3 Å². The summed E-state index contributed by atoms with van der Waals surface area (Å²) in [4.78, 5) is 13.4. The number of carbonyl (C=O) groups excluding carboxylic acids is 1. The summed E-state index contributed by atoms with van der Waals surface area (Å²) in [5.74, 6) is -0.280. The van der Waals surface area contributed by atoms with E-state index in [4.69, 9.17) is 9.47 Å². The van der Waals surface area contributed by atoms with Gasteiger partial charge in [0.25, 0.3) is 0 Å². The van der Waals surface area contributed by atoms with Crippen molar-refractivity contribution in [1.82, 2.24) is 4.31 Å². The molecule has 1 saturated heterocycles. The highest BCUT2D eigenvalue weighted by molar-refractivity contribution is 7.89. The molecule has 204 valence electrons. The van der Waals surface area contributed by atoms with Crippen LogP contribution in [0.5, 0.6) is 11.5 Å². The third-order valence-corrected chi connectivity index (χ3v) is 9.11. The quantitative estimate of drug-likeness (QED) is 0.422. The lowest BCUT2D eigenvalue weighted by molar-refractivity contribution is -0.119. The number of aryl methyl sites for hydroxylation is 3. The standard InChI is InChI=1S/C30H33N3O5S/c1-19-8-10-22(11-9-19)25(18-31)24-15-21(3)26(16-20(24)2)32-30(34)27-7-6-14-33(27)39(35,36)29-17-23(37-4)12-13-28(29)38-5/h8-13,15-17,25,27H,6-7,14H2,1-5H3,(H,32,34)/t25-,27-/m1/s1. The number of hydrogen-bond acceptors (Lipinski definition) is 6. The summed E-state index contributed by atoms with van der Waals surface area (Å²) in [6.45, 7) is 6.00. The number of ether oxygens (including phenoxy) is 2. The molecule has 1 aliphatic heterocycles. The molecule has 0 unspecified atom stereocenters. The Morgan fingerprint density at radius 3 is 2.38 bits per heavy atom. The van der Waals surface area contributed by atoms with Gasteiger partial charge in [0.1, 0.15) is 22.4 Å². The van der Waals surface area contributed by atoms with Crippen LogP contribution in [0.4, 0.5) is 5.69 Å². The molecule has 8 nitrogen and oxygen atoms in total. The molecule has 0 aromatic heterocycles. The summed E-state index contributed by atoms with van der Waals surface area (Å²) < 4.78 is 39.1. The maximum absolute atomic E-state index is 13.7. The molecule has 3 aromatic rings. The Morgan fingerprint density at radius 2 is 1.74 bits per heavy atom. The monoisotopic (exact) mass is 547 g/mol. The molecule has 0 bridgehead atoms. The number of sulfonamides is 1. The normalized spacial score (nSPS) is 16.4. The van der Waals surface area contributed by atoms with E-state index in [-0.39, 0.29) is 17.2 Å². The van der Waals surface area contributed by atoms with Crippen molar-refractivity contribution in [2.24, 2.45) is 0 Å². The largest absolute Gasteiger partial charge is 0.497 e. The van der Waals surface area contributed by atoms with E-state index in [2.05, 4.69) is 11.4 Å². The fourth-order valence-corrected chi connectivity index (χ4v) is 6.81. The fraction of sp³-hybridized carbons (Fsp3) is 0.333. The number of rotatable bonds is 8. The van der Waals surface area contributed by atoms with Crippen molar-refractivity contribution >= 4 is 21.6 Å². The molecule has 4 rings (SSSR count). The van der Waals surface area contributed by atoms with Crippen LogP contribution in [-0.4, -0.2) is 45.4 Å². The summed E-state index contributed by atoms with van der Waals surface area (Å²) in [6, 6.07) is 17.8. The number of nitriles is 1. The molecule has 1 N–H and O–H groups in total. The molecule has 3 aromatic carbocycles. The van der Waals surface area contributed by atoms with E-state index in [0.717, 1.165) is 27.8 Å². The maximum atomic E-state index is 13.7. The molecule has 2 atom stereocenters. The van der Waals surface area contributed by atoms with E-state index in [9.17, 15) is 18.5 Å². The van der Waals surface area contributed by atoms with Crippen molar-refractivity contribution in [2.45, 2.75) is 50.5 Å². The fourth-order valence-electron chi connectivity index (χ4n) is 4.98. The Bertz CT molecular complexity index is 1530. The van der Waals surface area contributed by atoms with Crippen molar-refractivity contribution in [1.29, 1.82) is 5.26 Å². The molecule has 0 radical (unpaired) electrons. The predicted octanol–water partition coefficient (Wildman–Crippen LogP) is 5.08. The van der Waals surface area contributed by atoms with Crippen LogP contribution in [0, 0.1) is 32.1 Å². The Balaban J connectivity index is 1.60. The predicted molar refractivity (Wildman–Crippen MR) is 150 cm³/mol. The van der Waals surface area contributed by atoms with Gasteiger partial charge in [0.05, 0.1) is 26.2 Å². The van der Waals surface area contributed by atoms with E-state index >= 15 is 0 Å². The van der Waals surface area contributed by atoms with Crippen LogP contribution in [0.3, 0.4) is 0 Å². The number of anilines is 1. The third kappa shape index (κ3) is 5.63. The highest BCUT2D eigenvalue weighted by Gasteiger charge is 2.41. The molecule has 1 amide bonds. The van der Waals surface area contributed by atoms with E-state index in [0.29, 0.717) is 24.3 Å². The van der Waals surface area contributed by atoms with Crippen LogP contribution < -0.4 is 14.8 Å². The minimum atomic E-state index is -4.04. The number of nitrogens with zero attached hydrogens (tertiary/aromatic N) is 2. The van der Waals surface area contributed by atoms with Crippen molar-refractivity contribution in [3.05, 3.63) is 82.4 Å². The maximum Gasteiger partial charge on any atom is 0.247 e. The molecular weight excluding hydrogens is 514 g/mol. The SMILES string of the molecule is COc1ccc(OC)c(S(=O)(=O)N2CCC[C@@H]2C(=O)Nc2cc(C)c([C@H](C#N)c3ccc(C)cc3)cc2C)c1.